The number of cyclic esters (lactones) is 1. The second-order valence-corrected chi connectivity index (χ2v) is 7.82. The van der Waals surface area contributed by atoms with Crippen LogP contribution in [-0.2, 0) is 20.8 Å². The van der Waals surface area contributed by atoms with Crippen molar-refractivity contribution in [2.75, 3.05) is 14.2 Å². The third kappa shape index (κ3) is 6.22. The Balaban J connectivity index is 2.40. The quantitative estimate of drug-likeness (QED) is 0.451. The van der Waals surface area contributed by atoms with Crippen molar-refractivity contribution in [3.8, 4) is 11.5 Å². The number of ether oxygens (including phenoxy) is 1. The van der Waals surface area contributed by atoms with E-state index in [2.05, 4.69) is 0 Å². The van der Waals surface area contributed by atoms with Crippen LogP contribution < -0.4 is 0 Å². The van der Waals surface area contributed by atoms with E-state index in [-0.39, 0.29) is 47.3 Å². The first-order chi connectivity index (χ1) is 13.7. The zero-order valence-corrected chi connectivity index (χ0v) is 17.6. The highest BCUT2D eigenvalue weighted by atomic mass is 16.7. The number of amides is 1. The molecule has 1 amide bonds. The Bertz CT molecular complexity index is 758. The van der Waals surface area contributed by atoms with Crippen LogP contribution in [0, 0.1) is 11.8 Å². The number of fused-ring (bicyclic) bond motifs is 1. The number of phenolic OH excluding ortho intramolecular Hbond substituents is 2. The van der Waals surface area contributed by atoms with Crippen molar-refractivity contribution < 1.29 is 29.4 Å². The molecule has 0 saturated carbocycles. The first-order valence-corrected chi connectivity index (χ1v) is 9.94. The van der Waals surface area contributed by atoms with Crippen molar-refractivity contribution in [2.24, 2.45) is 11.8 Å². The second-order valence-electron chi connectivity index (χ2n) is 7.82. The third-order valence-electron chi connectivity index (χ3n) is 5.26. The number of nitrogens with zero attached hydrogens (tertiary/aromatic N) is 1. The van der Waals surface area contributed by atoms with Gasteiger partial charge in [0, 0.05) is 26.0 Å². The van der Waals surface area contributed by atoms with Gasteiger partial charge in [0.1, 0.15) is 23.2 Å². The van der Waals surface area contributed by atoms with Gasteiger partial charge in [-0.05, 0) is 42.7 Å². The Morgan fingerprint density at radius 2 is 2.03 bits per heavy atom. The highest BCUT2D eigenvalue weighted by molar-refractivity contribution is 5.94. The summed E-state index contributed by atoms with van der Waals surface area (Å²) in [5.41, 5.74) is 0.521. The lowest BCUT2D eigenvalue weighted by atomic mass is 9.88. The molecule has 0 fully saturated rings. The van der Waals surface area contributed by atoms with E-state index in [1.54, 1.807) is 7.05 Å². The van der Waals surface area contributed by atoms with Crippen molar-refractivity contribution in [3.63, 3.8) is 0 Å². The molecule has 1 aliphatic rings. The maximum absolute atomic E-state index is 12.9. The average Bonchev–Trinajstić information content (AvgIpc) is 2.64. The molecule has 0 spiro atoms. The van der Waals surface area contributed by atoms with Gasteiger partial charge >= 0.3 is 5.97 Å². The van der Waals surface area contributed by atoms with Crippen LogP contribution >= 0.6 is 0 Å². The van der Waals surface area contributed by atoms with Crippen molar-refractivity contribution in [1.29, 1.82) is 0 Å². The van der Waals surface area contributed by atoms with Crippen LogP contribution in [0.4, 0.5) is 0 Å². The van der Waals surface area contributed by atoms with E-state index in [1.807, 2.05) is 26.0 Å². The van der Waals surface area contributed by atoms with E-state index in [1.165, 1.54) is 18.2 Å². The van der Waals surface area contributed by atoms with E-state index in [0.717, 1.165) is 18.9 Å². The summed E-state index contributed by atoms with van der Waals surface area (Å²) < 4.78 is 5.68. The fraction of sp³-hybridized carbons (Fsp3) is 0.545. The normalized spacial score (nSPS) is 20.4. The fourth-order valence-electron chi connectivity index (χ4n) is 3.46. The van der Waals surface area contributed by atoms with Crippen LogP contribution in [0.1, 0.15) is 55.5 Å². The van der Waals surface area contributed by atoms with Gasteiger partial charge in [-0.1, -0.05) is 26.0 Å². The molecule has 1 heterocycles. The van der Waals surface area contributed by atoms with Gasteiger partial charge in [-0.25, -0.2) is 9.86 Å². The number of hydrogen-bond donors (Lipinski definition) is 2. The molecule has 0 saturated heterocycles. The SMILES string of the molecule is CON(C)C(=O)CC1CCC=CC[C@@H](C(C)C)OC(=O)c2c(O)cc(O)cc2C1. The number of benzene rings is 1. The van der Waals surface area contributed by atoms with Gasteiger partial charge in [0.15, 0.2) is 0 Å². The van der Waals surface area contributed by atoms with Crippen LogP contribution in [0.25, 0.3) is 0 Å². The minimum Gasteiger partial charge on any atom is -0.508 e. The summed E-state index contributed by atoms with van der Waals surface area (Å²) in [6.07, 6.45) is 6.36. The molecule has 29 heavy (non-hydrogen) atoms. The van der Waals surface area contributed by atoms with Gasteiger partial charge < -0.3 is 14.9 Å². The molecule has 1 unspecified atom stereocenters. The highest BCUT2D eigenvalue weighted by Gasteiger charge is 2.27. The number of hydrogen-bond acceptors (Lipinski definition) is 6. The highest BCUT2D eigenvalue weighted by Crippen LogP contribution is 2.32. The predicted molar refractivity (Wildman–Crippen MR) is 108 cm³/mol. The molecule has 1 aromatic carbocycles. The Morgan fingerprint density at radius 1 is 1.31 bits per heavy atom. The summed E-state index contributed by atoms with van der Waals surface area (Å²) in [6, 6.07) is 2.59. The number of hydroxylamine groups is 2. The summed E-state index contributed by atoms with van der Waals surface area (Å²) in [5.74, 6) is -1.24. The molecule has 0 radical (unpaired) electrons. The zero-order chi connectivity index (χ0) is 21.6. The summed E-state index contributed by atoms with van der Waals surface area (Å²) in [5, 5.41) is 21.5. The molecule has 0 aliphatic carbocycles. The lowest BCUT2D eigenvalue weighted by Crippen LogP contribution is -2.28. The molecule has 7 heteroatoms. The molecule has 0 bridgehead atoms. The molecule has 2 N–H and O–H groups in total. The number of allylic oxidation sites excluding steroid dienone is 1. The molecule has 0 aromatic heterocycles. The fourth-order valence-corrected chi connectivity index (χ4v) is 3.46. The third-order valence-corrected chi connectivity index (χ3v) is 5.26. The van der Waals surface area contributed by atoms with Gasteiger partial charge in [0.05, 0.1) is 7.11 Å². The number of aromatic hydroxyl groups is 2. The number of carbonyl (C=O) groups is 2. The smallest absolute Gasteiger partial charge is 0.342 e. The predicted octanol–water partition coefficient (Wildman–Crippen LogP) is 3.59. The Morgan fingerprint density at radius 3 is 2.69 bits per heavy atom. The summed E-state index contributed by atoms with van der Waals surface area (Å²) in [6.45, 7) is 3.95. The van der Waals surface area contributed by atoms with E-state index < -0.39 is 5.97 Å². The first kappa shape index (κ1) is 22.7. The minimum atomic E-state index is -0.621. The number of phenols is 2. The van der Waals surface area contributed by atoms with Crippen LogP contribution in [0.2, 0.25) is 0 Å². The van der Waals surface area contributed by atoms with E-state index in [9.17, 15) is 19.8 Å². The second kappa shape index (κ2) is 10.3. The molecule has 2 atom stereocenters. The lowest BCUT2D eigenvalue weighted by molar-refractivity contribution is -0.169. The Labute approximate surface area is 171 Å². The van der Waals surface area contributed by atoms with Crippen LogP contribution in [-0.4, -0.2) is 47.4 Å². The summed E-state index contributed by atoms with van der Waals surface area (Å²) >= 11 is 0. The zero-order valence-electron chi connectivity index (χ0n) is 17.6. The van der Waals surface area contributed by atoms with Gasteiger partial charge in [-0.3, -0.25) is 9.63 Å². The average molecular weight is 405 g/mol. The largest absolute Gasteiger partial charge is 0.508 e. The maximum atomic E-state index is 12.9. The Kier molecular flexibility index (Phi) is 8.08. The topological polar surface area (TPSA) is 96.3 Å². The molecule has 7 nitrogen and oxygen atoms in total. The van der Waals surface area contributed by atoms with E-state index in [0.29, 0.717) is 18.4 Å². The van der Waals surface area contributed by atoms with Gasteiger partial charge in [0.2, 0.25) is 5.91 Å². The van der Waals surface area contributed by atoms with Crippen molar-refractivity contribution in [3.05, 3.63) is 35.4 Å². The molecular formula is C22H31NO6. The van der Waals surface area contributed by atoms with Crippen LogP contribution in [0.5, 0.6) is 11.5 Å². The van der Waals surface area contributed by atoms with E-state index >= 15 is 0 Å². The first-order valence-electron chi connectivity index (χ1n) is 9.94. The molecule has 1 aromatic rings. The number of rotatable bonds is 4. The molecule has 2 rings (SSSR count). The minimum absolute atomic E-state index is 0.0514. The monoisotopic (exact) mass is 405 g/mol. The van der Waals surface area contributed by atoms with Crippen LogP contribution in [0.15, 0.2) is 24.3 Å². The van der Waals surface area contributed by atoms with Crippen molar-refractivity contribution >= 4 is 11.9 Å². The van der Waals surface area contributed by atoms with Crippen LogP contribution in [0.3, 0.4) is 0 Å². The molecule has 1 aliphatic heterocycles. The Hall–Kier alpha value is -2.54. The standard InChI is InChI=1S/C22H31NO6/c1-14(2)19-9-7-5-6-8-15(11-20(26)23(3)28-4)10-16-12-17(24)13-18(25)21(16)22(27)29-19/h5,7,12-15,19,24-25H,6,8-11H2,1-4H3/t15?,19-/m0/s1. The maximum Gasteiger partial charge on any atom is 0.342 e. The summed E-state index contributed by atoms with van der Waals surface area (Å²) in [4.78, 5) is 30.2. The number of carbonyl (C=O) groups excluding carboxylic acids is 2. The van der Waals surface area contributed by atoms with Gasteiger partial charge in [-0.15, -0.1) is 0 Å². The van der Waals surface area contributed by atoms with Crippen molar-refractivity contribution in [1.82, 2.24) is 5.06 Å². The van der Waals surface area contributed by atoms with Gasteiger partial charge in [-0.2, -0.15) is 0 Å². The molecule has 160 valence electrons. The van der Waals surface area contributed by atoms with E-state index in [4.69, 9.17) is 9.57 Å². The van der Waals surface area contributed by atoms with Crippen molar-refractivity contribution in [2.45, 2.75) is 52.1 Å². The number of esters is 1. The lowest BCUT2D eigenvalue weighted by Gasteiger charge is -2.24. The van der Waals surface area contributed by atoms with Gasteiger partial charge in [0.25, 0.3) is 0 Å². The summed E-state index contributed by atoms with van der Waals surface area (Å²) in [7, 11) is 2.97. The molecular weight excluding hydrogens is 374 g/mol.